The molecule has 2 N–H and O–H groups in total. The van der Waals surface area contributed by atoms with Crippen molar-refractivity contribution in [2.45, 2.75) is 19.8 Å². The zero-order chi connectivity index (χ0) is 13.4. The molecule has 0 aliphatic rings. The van der Waals surface area contributed by atoms with Crippen LogP contribution in [0.1, 0.15) is 24.8 Å². The van der Waals surface area contributed by atoms with Crippen LogP contribution in [0.5, 0.6) is 0 Å². The molecule has 1 aromatic carbocycles. The Morgan fingerprint density at radius 1 is 1.16 bits per heavy atom. The average Bonchev–Trinajstić information content (AvgIpc) is 2.80. The van der Waals surface area contributed by atoms with Gasteiger partial charge in [-0.3, -0.25) is 4.98 Å². The fraction of sp³-hybridized carbons (Fsp3) is 0.200. The van der Waals surface area contributed by atoms with Crippen molar-refractivity contribution < 1.29 is 0 Å². The number of aromatic nitrogens is 2. The Morgan fingerprint density at radius 2 is 1.95 bits per heavy atom. The maximum Gasteiger partial charge on any atom is 0.114 e. The van der Waals surface area contributed by atoms with Gasteiger partial charge in [0.25, 0.3) is 0 Å². The summed E-state index contributed by atoms with van der Waals surface area (Å²) >= 11 is 1.56. The van der Waals surface area contributed by atoms with Crippen LogP contribution in [0, 0.1) is 0 Å². The third-order valence-corrected chi connectivity index (χ3v) is 4.27. The summed E-state index contributed by atoms with van der Waals surface area (Å²) in [6.07, 6.45) is 3.71. The van der Waals surface area contributed by atoms with E-state index in [2.05, 4.69) is 35.9 Å². The first kappa shape index (κ1) is 12.1. The van der Waals surface area contributed by atoms with E-state index in [1.807, 2.05) is 24.5 Å². The molecule has 0 bridgehead atoms. The van der Waals surface area contributed by atoms with Gasteiger partial charge >= 0.3 is 0 Å². The van der Waals surface area contributed by atoms with Crippen LogP contribution >= 0.6 is 11.3 Å². The number of nitrogen functional groups attached to an aromatic ring is 1. The van der Waals surface area contributed by atoms with E-state index < -0.39 is 0 Å². The minimum atomic E-state index is 0.393. The lowest BCUT2D eigenvalue weighted by Gasteiger charge is -2.04. The van der Waals surface area contributed by atoms with Gasteiger partial charge in [-0.25, -0.2) is 4.98 Å². The number of fused-ring (bicyclic) bond motifs is 1. The van der Waals surface area contributed by atoms with E-state index >= 15 is 0 Å². The van der Waals surface area contributed by atoms with Crippen LogP contribution in [0.15, 0.2) is 36.7 Å². The number of anilines is 1. The Labute approximate surface area is 116 Å². The summed E-state index contributed by atoms with van der Waals surface area (Å²) in [5.41, 5.74) is 8.00. The Kier molecular flexibility index (Phi) is 2.95. The maximum absolute atomic E-state index is 6.13. The van der Waals surface area contributed by atoms with Gasteiger partial charge in [0.2, 0.25) is 0 Å². The number of nitrogens with two attached hydrogens (primary N) is 1. The second-order valence-corrected chi connectivity index (χ2v) is 5.89. The third kappa shape index (κ3) is 2.08. The standard InChI is InChI=1S/C15H15N3S/c1-9(2)15-18-13(14(16)19-15)12-8-17-7-10-5-3-4-6-11(10)12/h3-9H,16H2,1-2H3. The summed E-state index contributed by atoms with van der Waals surface area (Å²) in [5, 5.41) is 4.09. The molecule has 0 saturated heterocycles. The lowest BCUT2D eigenvalue weighted by Crippen LogP contribution is -1.90. The fourth-order valence-corrected chi connectivity index (χ4v) is 2.94. The minimum Gasteiger partial charge on any atom is -0.389 e. The van der Waals surface area contributed by atoms with E-state index in [9.17, 15) is 0 Å². The second-order valence-electron chi connectivity index (χ2n) is 4.83. The van der Waals surface area contributed by atoms with Gasteiger partial charge in [0.05, 0.1) is 5.01 Å². The Bertz CT molecular complexity index is 726. The van der Waals surface area contributed by atoms with Crippen LogP contribution in [-0.2, 0) is 0 Å². The molecule has 0 radical (unpaired) electrons. The van der Waals surface area contributed by atoms with Gasteiger partial charge in [-0.05, 0) is 5.39 Å². The van der Waals surface area contributed by atoms with Crippen LogP contribution in [0.3, 0.4) is 0 Å². The normalized spacial score (nSPS) is 11.3. The van der Waals surface area contributed by atoms with E-state index in [4.69, 9.17) is 5.73 Å². The molecule has 0 saturated carbocycles. The highest BCUT2D eigenvalue weighted by atomic mass is 32.1. The molecule has 0 spiro atoms. The summed E-state index contributed by atoms with van der Waals surface area (Å²) in [6, 6.07) is 8.17. The molecule has 4 heteroatoms. The van der Waals surface area contributed by atoms with Gasteiger partial charge in [0.15, 0.2) is 0 Å². The molecule has 3 aromatic rings. The number of benzene rings is 1. The zero-order valence-electron chi connectivity index (χ0n) is 10.9. The summed E-state index contributed by atoms with van der Waals surface area (Å²) < 4.78 is 0. The number of rotatable bonds is 2. The molecule has 2 aromatic heterocycles. The number of hydrogen-bond acceptors (Lipinski definition) is 4. The highest BCUT2D eigenvalue weighted by Gasteiger charge is 2.15. The highest BCUT2D eigenvalue weighted by molar-refractivity contribution is 7.16. The molecule has 0 aliphatic heterocycles. The quantitative estimate of drug-likeness (QED) is 0.763. The van der Waals surface area contributed by atoms with Crippen LogP contribution in [0.4, 0.5) is 5.00 Å². The Balaban J connectivity index is 2.24. The predicted octanol–water partition coefficient (Wildman–Crippen LogP) is 4.06. The molecule has 0 aliphatic carbocycles. The van der Waals surface area contributed by atoms with Crippen LogP contribution in [-0.4, -0.2) is 9.97 Å². The Morgan fingerprint density at radius 3 is 2.68 bits per heavy atom. The van der Waals surface area contributed by atoms with Crippen molar-refractivity contribution in [3.8, 4) is 11.3 Å². The molecule has 96 valence electrons. The fourth-order valence-electron chi connectivity index (χ4n) is 2.09. The van der Waals surface area contributed by atoms with E-state index in [1.165, 1.54) is 0 Å². The second kappa shape index (κ2) is 4.63. The van der Waals surface area contributed by atoms with Gasteiger partial charge in [-0.15, -0.1) is 11.3 Å². The molecular weight excluding hydrogens is 254 g/mol. The molecule has 2 heterocycles. The first-order chi connectivity index (χ1) is 9.16. The Hall–Kier alpha value is -1.94. The summed E-state index contributed by atoms with van der Waals surface area (Å²) in [5.74, 6) is 0.393. The molecule has 19 heavy (non-hydrogen) atoms. The van der Waals surface area contributed by atoms with Crippen LogP contribution in [0.25, 0.3) is 22.0 Å². The van der Waals surface area contributed by atoms with Crippen molar-refractivity contribution in [3.05, 3.63) is 41.7 Å². The molecule has 0 atom stereocenters. The third-order valence-electron chi connectivity index (χ3n) is 3.09. The first-order valence-electron chi connectivity index (χ1n) is 6.26. The smallest absolute Gasteiger partial charge is 0.114 e. The molecule has 0 unspecified atom stereocenters. The average molecular weight is 269 g/mol. The molecule has 3 nitrogen and oxygen atoms in total. The molecular formula is C15H15N3S. The summed E-state index contributed by atoms with van der Waals surface area (Å²) in [7, 11) is 0. The van der Waals surface area contributed by atoms with Crippen molar-refractivity contribution in [2.24, 2.45) is 0 Å². The van der Waals surface area contributed by atoms with E-state index in [0.29, 0.717) is 5.92 Å². The van der Waals surface area contributed by atoms with Crippen LogP contribution in [0.2, 0.25) is 0 Å². The number of thiazole rings is 1. The van der Waals surface area contributed by atoms with E-state index in [-0.39, 0.29) is 0 Å². The van der Waals surface area contributed by atoms with Crippen molar-refractivity contribution in [2.75, 3.05) is 5.73 Å². The predicted molar refractivity (Wildman–Crippen MR) is 81.4 cm³/mol. The lowest BCUT2D eigenvalue weighted by molar-refractivity contribution is 0.854. The summed E-state index contributed by atoms with van der Waals surface area (Å²) in [6.45, 7) is 4.26. The van der Waals surface area contributed by atoms with E-state index in [0.717, 1.165) is 32.0 Å². The van der Waals surface area contributed by atoms with Crippen molar-refractivity contribution in [1.82, 2.24) is 9.97 Å². The minimum absolute atomic E-state index is 0.393. The largest absolute Gasteiger partial charge is 0.389 e. The monoisotopic (exact) mass is 269 g/mol. The molecule has 0 amide bonds. The lowest BCUT2D eigenvalue weighted by atomic mass is 10.1. The SMILES string of the molecule is CC(C)c1nc(-c2cncc3ccccc23)c(N)s1. The van der Waals surface area contributed by atoms with Gasteiger partial charge < -0.3 is 5.73 Å². The highest BCUT2D eigenvalue weighted by Crippen LogP contribution is 2.36. The maximum atomic E-state index is 6.13. The van der Waals surface area contributed by atoms with Crippen molar-refractivity contribution in [3.63, 3.8) is 0 Å². The van der Waals surface area contributed by atoms with Gasteiger partial charge in [-0.1, -0.05) is 38.1 Å². The van der Waals surface area contributed by atoms with Gasteiger partial charge in [-0.2, -0.15) is 0 Å². The van der Waals surface area contributed by atoms with Crippen molar-refractivity contribution in [1.29, 1.82) is 0 Å². The number of hydrogen-bond donors (Lipinski definition) is 1. The van der Waals surface area contributed by atoms with Gasteiger partial charge in [0.1, 0.15) is 10.7 Å². The van der Waals surface area contributed by atoms with Crippen molar-refractivity contribution >= 4 is 27.1 Å². The number of pyridine rings is 1. The summed E-state index contributed by atoms with van der Waals surface area (Å²) in [4.78, 5) is 8.98. The van der Waals surface area contributed by atoms with Crippen LogP contribution < -0.4 is 5.73 Å². The van der Waals surface area contributed by atoms with Gasteiger partial charge in [0, 0.05) is 29.3 Å². The molecule has 0 fully saturated rings. The first-order valence-corrected chi connectivity index (χ1v) is 7.08. The number of nitrogens with zero attached hydrogens (tertiary/aromatic N) is 2. The molecule has 3 rings (SSSR count). The topological polar surface area (TPSA) is 51.8 Å². The van der Waals surface area contributed by atoms with E-state index in [1.54, 1.807) is 11.3 Å². The zero-order valence-corrected chi connectivity index (χ0v) is 11.7.